The summed E-state index contributed by atoms with van der Waals surface area (Å²) < 4.78 is 10.9. The molecule has 0 aliphatic heterocycles. The third-order valence-electron chi connectivity index (χ3n) is 3.13. The molecule has 0 N–H and O–H groups in total. The van der Waals surface area contributed by atoms with Crippen LogP contribution in [0, 0.1) is 0 Å². The van der Waals surface area contributed by atoms with Gasteiger partial charge in [-0.15, -0.1) is 11.3 Å². The van der Waals surface area contributed by atoms with Gasteiger partial charge in [0.25, 0.3) is 0 Å². The number of rotatable bonds is 6. The number of hydrogen-bond donors (Lipinski definition) is 0. The quantitative estimate of drug-likeness (QED) is 0.505. The fraction of sp³-hybridized carbons (Fsp3) is 0.167. The number of carbonyl (C=O) groups excluding carboxylic acids is 1. The topological polar surface area (TPSA) is 61.3 Å². The third kappa shape index (κ3) is 3.97. The van der Waals surface area contributed by atoms with Gasteiger partial charge in [0.1, 0.15) is 5.01 Å². The monoisotopic (exact) mass is 340 g/mol. The van der Waals surface area contributed by atoms with Crippen molar-refractivity contribution in [3.63, 3.8) is 0 Å². The van der Waals surface area contributed by atoms with E-state index in [0.717, 1.165) is 10.7 Å². The molecule has 3 rings (SSSR count). The molecule has 122 valence electrons. The number of aromatic nitrogens is 2. The molecule has 0 saturated carbocycles. The van der Waals surface area contributed by atoms with Crippen molar-refractivity contribution >= 4 is 17.3 Å². The van der Waals surface area contributed by atoms with E-state index in [1.165, 1.54) is 11.3 Å². The second kappa shape index (κ2) is 7.70. The van der Waals surface area contributed by atoms with Gasteiger partial charge < -0.3 is 9.47 Å². The summed E-state index contributed by atoms with van der Waals surface area (Å²) in [5.74, 6) is 0.602. The normalized spacial score (nSPS) is 10.4. The van der Waals surface area contributed by atoms with Gasteiger partial charge in [-0.2, -0.15) is 0 Å². The van der Waals surface area contributed by atoms with Crippen LogP contribution in [-0.2, 0) is 11.2 Å². The molecule has 0 aliphatic rings. The summed E-state index contributed by atoms with van der Waals surface area (Å²) in [6.07, 6.45) is 1.82. The van der Waals surface area contributed by atoms with Gasteiger partial charge in [0.2, 0.25) is 0 Å². The van der Waals surface area contributed by atoms with Gasteiger partial charge in [0.15, 0.2) is 11.5 Å². The van der Waals surface area contributed by atoms with E-state index < -0.39 is 0 Å². The standard InChI is InChI=1S/C18H16N2O3S/c1-2-22-15-8-3-4-9-16(15)23-17(21)11-13-12-24-18(20-13)14-7-5-6-10-19-14/h3-10,12H,2,11H2,1H3. The third-order valence-corrected chi connectivity index (χ3v) is 4.05. The molecule has 0 saturated heterocycles. The van der Waals surface area contributed by atoms with E-state index in [0.29, 0.717) is 23.8 Å². The van der Waals surface area contributed by atoms with E-state index in [9.17, 15) is 4.79 Å². The molecule has 0 radical (unpaired) electrons. The Morgan fingerprint density at radius 1 is 1.12 bits per heavy atom. The fourth-order valence-electron chi connectivity index (χ4n) is 2.11. The number of carbonyl (C=O) groups is 1. The molecule has 0 bridgehead atoms. The highest BCUT2D eigenvalue weighted by atomic mass is 32.1. The molecule has 0 amide bonds. The first-order chi connectivity index (χ1) is 11.8. The Hall–Kier alpha value is -2.73. The lowest BCUT2D eigenvalue weighted by atomic mass is 10.3. The minimum Gasteiger partial charge on any atom is -0.490 e. The van der Waals surface area contributed by atoms with Crippen molar-refractivity contribution in [3.05, 3.63) is 59.7 Å². The Balaban J connectivity index is 1.67. The van der Waals surface area contributed by atoms with Crippen LogP contribution in [0.2, 0.25) is 0 Å². The average molecular weight is 340 g/mol. The predicted molar refractivity (Wildman–Crippen MR) is 92.3 cm³/mol. The van der Waals surface area contributed by atoms with E-state index in [4.69, 9.17) is 9.47 Å². The lowest BCUT2D eigenvalue weighted by Crippen LogP contribution is -2.12. The summed E-state index contributed by atoms with van der Waals surface area (Å²) in [6.45, 7) is 2.39. The van der Waals surface area contributed by atoms with Gasteiger partial charge in [-0.3, -0.25) is 9.78 Å². The van der Waals surface area contributed by atoms with Gasteiger partial charge in [0.05, 0.1) is 24.4 Å². The average Bonchev–Trinajstić information content (AvgIpc) is 3.06. The van der Waals surface area contributed by atoms with Crippen LogP contribution in [0.5, 0.6) is 11.5 Å². The summed E-state index contributed by atoms with van der Waals surface area (Å²) in [5, 5.41) is 2.63. The Kier molecular flexibility index (Phi) is 5.18. The van der Waals surface area contributed by atoms with Crippen molar-refractivity contribution < 1.29 is 14.3 Å². The number of benzene rings is 1. The zero-order valence-electron chi connectivity index (χ0n) is 13.1. The van der Waals surface area contributed by atoms with E-state index in [-0.39, 0.29) is 12.4 Å². The number of pyridine rings is 1. The molecule has 5 nitrogen and oxygen atoms in total. The van der Waals surface area contributed by atoms with E-state index in [1.54, 1.807) is 24.4 Å². The second-order valence-corrected chi connectivity index (χ2v) is 5.75. The maximum atomic E-state index is 12.2. The summed E-state index contributed by atoms with van der Waals surface area (Å²) in [4.78, 5) is 20.9. The molecular formula is C18H16N2O3S. The number of esters is 1. The van der Waals surface area contributed by atoms with Crippen molar-refractivity contribution in [3.8, 4) is 22.2 Å². The van der Waals surface area contributed by atoms with E-state index in [1.807, 2.05) is 36.6 Å². The Bertz CT molecular complexity index is 818. The van der Waals surface area contributed by atoms with Crippen LogP contribution in [0.25, 0.3) is 10.7 Å². The molecular weight excluding hydrogens is 324 g/mol. The van der Waals surface area contributed by atoms with Gasteiger partial charge in [0, 0.05) is 11.6 Å². The Morgan fingerprint density at radius 2 is 1.92 bits per heavy atom. The number of ether oxygens (including phenoxy) is 2. The Labute approximate surface area is 143 Å². The van der Waals surface area contributed by atoms with Crippen molar-refractivity contribution in [1.82, 2.24) is 9.97 Å². The lowest BCUT2D eigenvalue weighted by Gasteiger charge is -2.09. The van der Waals surface area contributed by atoms with Crippen molar-refractivity contribution in [2.45, 2.75) is 13.3 Å². The van der Waals surface area contributed by atoms with Gasteiger partial charge in [-0.25, -0.2) is 4.98 Å². The first kappa shape index (κ1) is 16.1. The van der Waals surface area contributed by atoms with Crippen LogP contribution in [-0.4, -0.2) is 22.5 Å². The van der Waals surface area contributed by atoms with Gasteiger partial charge in [-0.05, 0) is 31.2 Å². The fourth-order valence-corrected chi connectivity index (χ4v) is 2.91. The molecule has 2 heterocycles. The molecule has 6 heteroatoms. The predicted octanol–water partition coefficient (Wildman–Crippen LogP) is 3.75. The minimum absolute atomic E-state index is 0.101. The largest absolute Gasteiger partial charge is 0.490 e. The molecule has 24 heavy (non-hydrogen) atoms. The highest BCUT2D eigenvalue weighted by molar-refractivity contribution is 7.13. The van der Waals surface area contributed by atoms with Crippen LogP contribution < -0.4 is 9.47 Å². The van der Waals surface area contributed by atoms with Crippen LogP contribution in [0.1, 0.15) is 12.6 Å². The Morgan fingerprint density at radius 3 is 2.67 bits per heavy atom. The smallest absolute Gasteiger partial charge is 0.317 e. The van der Waals surface area contributed by atoms with E-state index in [2.05, 4.69) is 9.97 Å². The maximum absolute atomic E-state index is 12.2. The van der Waals surface area contributed by atoms with Crippen molar-refractivity contribution in [2.24, 2.45) is 0 Å². The van der Waals surface area contributed by atoms with Crippen LogP contribution >= 0.6 is 11.3 Å². The second-order valence-electron chi connectivity index (χ2n) is 4.89. The number of thiazole rings is 1. The van der Waals surface area contributed by atoms with Gasteiger partial charge in [-0.1, -0.05) is 18.2 Å². The molecule has 0 spiro atoms. The van der Waals surface area contributed by atoms with Crippen LogP contribution in [0.4, 0.5) is 0 Å². The molecule has 2 aromatic heterocycles. The van der Waals surface area contributed by atoms with E-state index >= 15 is 0 Å². The molecule has 1 aromatic carbocycles. The zero-order valence-corrected chi connectivity index (χ0v) is 14.0. The SMILES string of the molecule is CCOc1ccccc1OC(=O)Cc1csc(-c2ccccn2)n1. The van der Waals surface area contributed by atoms with Crippen molar-refractivity contribution in [2.75, 3.05) is 6.61 Å². The van der Waals surface area contributed by atoms with Crippen LogP contribution in [0.3, 0.4) is 0 Å². The number of hydrogen-bond acceptors (Lipinski definition) is 6. The molecule has 0 fully saturated rings. The maximum Gasteiger partial charge on any atom is 0.317 e. The first-order valence-corrected chi connectivity index (χ1v) is 8.42. The number of para-hydroxylation sites is 2. The summed E-state index contributed by atoms with van der Waals surface area (Å²) in [7, 11) is 0. The van der Waals surface area contributed by atoms with Gasteiger partial charge >= 0.3 is 5.97 Å². The number of nitrogens with zero attached hydrogens (tertiary/aromatic N) is 2. The lowest BCUT2D eigenvalue weighted by molar-refractivity contribution is -0.133. The minimum atomic E-state index is -0.375. The van der Waals surface area contributed by atoms with Crippen LogP contribution in [0.15, 0.2) is 54.0 Å². The zero-order chi connectivity index (χ0) is 16.8. The molecule has 0 unspecified atom stereocenters. The highest BCUT2D eigenvalue weighted by Crippen LogP contribution is 2.27. The molecule has 3 aromatic rings. The molecule has 0 aliphatic carbocycles. The summed E-state index contributed by atoms with van der Waals surface area (Å²) >= 11 is 1.46. The van der Waals surface area contributed by atoms with Crippen molar-refractivity contribution in [1.29, 1.82) is 0 Å². The summed E-state index contributed by atoms with van der Waals surface area (Å²) in [6, 6.07) is 12.8. The first-order valence-electron chi connectivity index (χ1n) is 7.54. The highest BCUT2D eigenvalue weighted by Gasteiger charge is 2.13. The molecule has 0 atom stereocenters. The summed E-state index contributed by atoms with van der Waals surface area (Å²) in [5.41, 5.74) is 1.46.